The van der Waals surface area contributed by atoms with Crippen molar-refractivity contribution in [2.45, 2.75) is 32.6 Å². The summed E-state index contributed by atoms with van der Waals surface area (Å²) in [5.41, 5.74) is 3.57. The highest BCUT2D eigenvalue weighted by Gasteiger charge is 2.11. The second kappa shape index (κ2) is 9.28. The number of hydrogen-bond donors (Lipinski definition) is 2. The average Bonchev–Trinajstić information content (AvgIpc) is 3.09. The van der Waals surface area contributed by atoms with Crippen LogP contribution in [-0.4, -0.2) is 16.8 Å². The summed E-state index contributed by atoms with van der Waals surface area (Å²) in [5.74, 6) is 0.196. The molecular weight excluding hydrogens is 370 g/mol. The fraction of sp³-hybridized carbons (Fsp3) is 0.227. The van der Waals surface area contributed by atoms with Gasteiger partial charge in [0, 0.05) is 11.1 Å². The van der Waals surface area contributed by atoms with Crippen molar-refractivity contribution in [2.24, 2.45) is 0 Å². The Morgan fingerprint density at radius 2 is 1.61 bits per heavy atom. The van der Waals surface area contributed by atoms with E-state index >= 15 is 0 Å². The molecule has 0 bridgehead atoms. The van der Waals surface area contributed by atoms with Gasteiger partial charge >= 0.3 is 0 Å². The van der Waals surface area contributed by atoms with Gasteiger partial charge in [-0.15, -0.1) is 11.3 Å². The van der Waals surface area contributed by atoms with E-state index in [1.54, 1.807) is 5.38 Å². The van der Waals surface area contributed by atoms with Crippen LogP contribution in [0, 0.1) is 0 Å². The predicted octanol–water partition coefficient (Wildman–Crippen LogP) is 4.63. The molecule has 2 aromatic carbocycles. The van der Waals surface area contributed by atoms with Crippen LogP contribution in [-0.2, 0) is 22.4 Å². The first-order valence-corrected chi connectivity index (χ1v) is 10.1. The fourth-order valence-corrected chi connectivity index (χ4v) is 3.44. The van der Waals surface area contributed by atoms with Gasteiger partial charge in [-0.05, 0) is 29.2 Å². The van der Waals surface area contributed by atoms with Crippen molar-refractivity contribution < 1.29 is 9.59 Å². The van der Waals surface area contributed by atoms with Crippen LogP contribution in [0.2, 0.25) is 0 Å². The highest BCUT2D eigenvalue weighted by molar-refractivity contribution is 7.13. The minimum absolute atomic E-state index is 0.123. The first-order chi connectivity index (χ1) is 13.5. The number of thiazole rings is 1. The third-order valence-corrected chi connectivity index (χ3v) is 5.01. The molecule has 0 spiro atoms. The van der Waals surface area contributed by atoms with Crippen LogP contribution < -0.4 is 10.6 Å². The van der Waals surface area contributed by atoms with Crippen LogP contribution in [0.3, 0.4) is 0 Å². The quantitative estimate of drug-likeness (QED) is 0.615. The fourth-order valence-electron chi connectivity index (χ4n) is 2.71. The molecule has 0 unspecified atom stereocenters. The maximum atomic E-state index is 12.2. The van der Waals surface area contributed by atoms with E-state index in [0.717, 1.165) is 11.3 Å². The summed E-state index contributed by atoms with van der Waals surface area (Å²) in [6.07, 6.45) is 0.458. The third-order valence-electron chi connectivity index (χ3n) is 4.21. The van der Waals surface area contributed by atoms with E-state index in [4.69, 9.17) is 0 Å². The summed E-state index contributed by atoms with van der Waals surface area (Å²) in [6.45, 7) is 4.26. The molecule has 0 saturated carbocycles. The van der Waals surface area contributed by atoms with E-state index < -0.39 is 0 Å². The van der Waals surface area contributed by atoms with Crippen LogP contribution in [0.1, 0.15) is 36.6 Å². The zero-order valence-corrected chi connectivity index (χ0v) is 16.8. The lowest BCUT2D eigenvalue weighted by Crippen LogP contribution is -2.16. The Morgan fingerprint density at radius 1 is 0.929 bits per heavy atom. The van der Waals surface area contributed by atoms with Crippen LogP contribution in [0.25, 0.3) is 0 Å². The molecule has 0 radical (unpaired) electrons. The number of carbonyl (C=O) groups excluding carboxylic acids is 2. The van der Waals surface area contributed by atoms with Crippen molar-refractivity contribution in [2.75, 3.05) is 10.6 Å². The lowest BCUT2D eigenvalue weighted by Gasteiger charge is -2.08. The number of amides is 2. The third kappa shape index (κ3) is 5.76. The summed E-state index contributed by atoms with van der Waals surface area (Å²) in [7, 11) is 0. The highest BCUT2D eigenvalue weighted by Crippen LogP contribution is 2.19. The Kier molecular flexibility index (Phi) is 6.55. The maximum absolute atomic E-state index is 12.2. The molecule has 3 aromatic rings. The van der Waals surface area contributed by atoms with E-state index in [1.807, 2.05) is 54.6 Å². The number of nitrogens with zero attached hydrogens (tertiary/aromatic N) is 1. The van der Waals surface area contributed by atoms with Gasteiger partial charge in [-0.2, -0.15) is 0 Å². The Morgan fingerprint density at radius 3 is 2.29 bits per heavy atom. The van der Waals surface area contributed by atoms with Crippen LogP contribution >= 0.6 is 11.3 Å². The van der Waals surface area contributed by atoms with Crippen molar-refractivity contribution in [3.8, 4) is 0 Å². The molecule has 5 nitrogen and oxygen atoms in total. The van der Waals surface area contributed by atoms with Crippen molar-refractivity contribution in [3.05, 3.63) is 76.8 Å². The molecule has 3 rings (SSSR count). The Labute approximate surface area is 168 Å². The van der Waals surface area contributed by atoms with Crippen molar-refractivity contribution in [1.29, 1.82) is 0 Å². The van der Waals surface area contributed by atoms with Gasteiger partial charge in [0.25, 0.3) is 0 Å². The number of anilines is 2. The average molecular weight is 394 g/mol. The predicted molar refractivity (Wildman–Crippen MR) is 114 cm³/mol. The molecule has 2 N–H and O–H groups in total. The van der Waals surface area contributed by atoms with Gasteiger partial charge in [0.2, 0.25) is 11.8 Å². The number of nitrogens with one attached hydrogen (secondary N) is 2. The highest BCUT2D eigenvalue weighted by atomic mass is 32.1. The lowest BCUT2D eigenvalue weighted by atomic mass is 10.0. The zero-order valence-electron chi connectivity index (χ0n) is 15.9. The smallest absolute Gasteiger partial charge is 0.230 e. The van der Waals surface area contributed by atoms with E-state index in [1.165, 1.54) is 16.9 Å². The van der Waals surface area contributed by atoms with Gasteiger partial charge < -0.3 is 10.6 Å². The van der Waals surface area contributed by atoms with Gasteiger partial charge in [-0.25, -0.2) is 4.98 Å². The molecular formula is C22H23N3O2S. The number of rotatable bonds is 7. The van der Waals surface area contributed by atoms with Crippen molar-refractivity contribution in [1.82, 2.24) is 4.98 Å². The first-order valence-electron chi connectivity index (χ1n) is 9.17. The van der Waals surface area contributed by atoms with E-state index in [9.17, 15) is 9.59 Å². The van der Waals surface area contributed by atoms with Gasteiger partial charge in [0.1, 0.15) is 0 Å². The second-order valence-corrected chi connectivity index (χ2v) is 7.71. The summed E-state index contributed by atoms with van der Waals surface area (Å²) < 4.78 is 0. The molecule has 1 aromatic heterocycles. The summed E-state index contributed by atoms with van der Waals surface area (Å²) in [6, 6.07) is 17.4. The molecule has 144 valence electrons. The minimum Gasteiger partial charge on any atom is -0.326 e. The zero-order chi connectivity index (χ0) is 19.9. The normalized spacial score (nSPS) is 10.7. The molecule has 28 heavy (non-hydrogen) atoms. The molecule has 0 fully saturated rings. The molecule has 0 saturated heterocycles. The summed E-state index contributed by atoms with van der Waals surface area (Å²) in [4.78, 5) is 28.7. The van der Waals surface area contributed by atoms with E-state index in [-0.39, 0.29) is 18.2 Å². The van der Waals surface area contributed by atoms with E-state index in [0.29, 0.717) is 23.2 Å². The van der Waals surface area contributed by atoms with Crippen molar-refractivity contribution in [3.63, 3.8) is 0 Å². The molecule has 0 aliphatic rings. The monoisotopic (exact) mass is 393 g/mol. The number of benzene rings is 2. The second-order valence-electron chi connectivity index (χ2n) is 6.86. The summed E-state index contributed by atoms with van der Waals surface area (Å²) in [5, 5.41) is 7.96. The lowest BCUT2D eigenvalue weighted by molar-refractivity contribution is -0.116. The number of carbonyl (C=O) groups is 2. The molecule has 6 heteroatoms. The van der Waals surface area contributed by atoms with Crippen LogP contribution in [0.15, 0.2) is 60.0 Å². The molecule has 0 aliphatic heterocycles. The topological polar surface area (TPSA) is 71.1 Å². The number of aromatic nitrogens is 1. The van der Waals surface area contributed by atoms with Gasteiger partial charge in [-0.1, -0.05) is 56.3 Å². The first kappa shape index (κ1) is 19.8. The standard InChI is InChI=1S/C22H23N3O2S/c1-15(2)17-8-10-18(11-9-17)23-21(27)13-19-14-28-22(24-19)25-20(26)12-16-6-4-3-5-7-16/h3-11,14-15H,12-13H2,1-2H3,(H,23,27)(H,24,25,26). The number of hydrogen-bond acceptors (Lipinski definition) is 4. The SMILES string of the molecule is CC(C)c1ccc(NC(=O)Cc2csc(NC(=O)Cc3ccccc3)n2)cc1. The molecule has 0 atom stereocenters. The van der Waals surface area contributed by atoms with Crippen LogP contribution in [0.5, 0.6) is 0 Å². The van der Waals surface area contributed by atoms with Crippen LogP contribution in [0.4, 0.5) is 10.8 Å². The Balaban J connectivity index is 1.50. The van der Waals surface area contributed by atoms with Gasteiger partial charge in [-0.3, -0.25) is 9.59 Å². The molecule has 0 aliphatic carbocycles. The van der Waals surface area contributed by atoms with E-state index in [2.05, 4.69) is 29.5 Å². The Hall–Kier alpha value is -2.99. The maximum Gasteiger partial charge on any atom is 0.230 e. The van der Waals surface area contributed by atoms with Crippen molar-refractivity contribution >= 4 is 34.0 Å². The van der Waals surface area contributed by atoms with Gasteiger partial charge in [0.15, 0.2) is 5.13 Å². The minimum atomic E-state index is -0.134. The summed E-state index contributed by atoms with van der Waals surface area (Å²) >= 11 is 1.32. The molecule has 2 amide bonds. The Bertz CT molecular complexity index is 934. The van der Waals surface area contributed by atoms with Gasteiger partial charge in [0.05, 0.1) is 18.5 Å². The molecule has 1 heterocycles. The largest absolute Gasteiger partial charge is 0.326 e.